The molecule has 0 aliphatic heterocycles. The Morgan fingerprint density at radius 2 is 2.33 bits per heavy atom. The van der Waals surface area contributed by atoms with Crippen LogP contribution in [0.2, 0.25) is 0 Å². The van der Waals surface area contributed by atoms with Gasteiger partial charge in [-0.1, -0.05) is 0 Å². The van der Waals surface area contributed by atoms with Gasteiger partial charge >= 0.3 is 0 Å². The minimum Gasteiger partial charge on any atom is -0.381 e. The molecular formula is C8H16N2O2. The van der Waals surface area contributed by atoms with Crippen LogP contribution in [-0.2, 0) is 9.53 Å². The third-order valence-corrected chi connectivity index (χ3v) is 2.61. The Hall–Kier alpha value is -0.610. The standard InChI is InChI=1S/C8H16N2O2/c1-10-8(5-7(9)11)3-6(4-8)12-2/h6,10H,3-5H2,1-2H3,(H2,9,11). The molecule has 4 heteroatoms. The number of hydrogen-bond donors (Lipinski definition) is 2. The second kappa shape index (κ2) is 3.41. The van der Waals surface area contributed by atoms with E-state index in [4.69, 9.17) is 10.5 Å². The number of amides is 1. The lowest BCUT2D eigenvalue weighted by atomic mass is 9.72. The van der Waals surface area contributed by atoms with Crippen LogP contribution in [0.3, 0.4) is 0 Å². The fourth-order valence-corrected chi connectivity index (χ4v) is 1.75. The van der Waals surface area contributed by atoms with Gasteiger partial charge in [0.15, 0.2) is 0 Å². The Kier molecular flexibility index (Phi) is 2.69. The summed E-state index contributed by atoms with van der Waals surface area (Å²) in [6.07, 6.45) is 2.45. The normalized spacial score (nSPS) is 34.3. The highest BCUT2D eigenvalue weighted by molar-refractivity contribution is 5.75. The van der Waals surface area contributed by atoms with Crippen LogP contribution in [0.1, 0.15) is 19.3 Å². The lowest BCUT2D eigenvalue weighted by Gasteiger charge is -2.46. The summed E-state index contributed by atoms with van der Waals surface area (Å²) < 4.78 is 5.13. The molecule has 3 N–H and O–H groups in total. The number of carbonyl (C=O) groups is 1. The van der Waals surface area contributed by atoms with Crippen molar-refractivity contribution in [1.82, 2.24) is 5.32 Å². The van der Waals surface area contributed by atoms with Crippen LogP contribution < -0.4 is 11.1 Å². The minimum atomic E-state index is -0.251. The van der Waals surface area contributed by atoms with Gasteiger partial charge in [-0.25, -0.2) is 0 Å². The first kappa shape index (κ1) is 9.48. The minimum absolute atomic E-state index is 0.0908. The SMILES string of the molecule is CNC1(CC(N)=O)CC(OC)C1. The Balaban J connectivity index is 2.41. The smallest absolute Gasteiger partial charge is 0.219 e. The van der Waals surface area contributed by atoms with Gasteiger partial charge in [0.25, 0.3) is 0 Å². The molecule has 0 aromatic carbocycles. The van der Waals surface area contributed by atoms with Gasteiger partial charge in [-0.2, -0.15) is 0 Å². The van der Waals surface area contributed by atoms with Crippen molar-refractivity contribution in [3.05, 3.63) is 0 Å². The molecule has 0 unspecified atom stereocenters. The zero-order valence-corrected chi connectivity index (χ0v) is 7.59. The molecule has 1 rings (SSSR count). The van der Waals surface area contributed by atoms with Gasteiger partial charge in [0, 0.05) is 19.1 Å². The van der Waals surface area contributed by atoms with Crippen molar-refractivity contribution in [2.75, 3.05) is 14.2 Å². The van der Waals surface area contributed by atoms with Gasteiger partial charge in [0.1, 0.15) is 0 Å². The van der Waals surface area contributed by atoms with Gasteiger partial charge in [-0.15, -0.1) is 0 Å². The second-order valence-electron chi connectivity index (χ2n) is 3.44. The maximum atomic E-state index is 10.7. The van der Waals surface area contributed by atoms with Crippen molar-refractivity contribution >= 4 is 5.91 Å². The highest BCUT2D eigenvalue weighted by atomic mass is 16.5. The number of methoxy groups -OCH3 is 1. The van der Waals surface area contributed by atoms with E-state index in [0.29, 0.717) is 6.42 Å². The average molecular weight is 172 g/mol. The number of ether oxygens (including phenoxy) is 1. The molecule has 0 spiro atoms. The summed E-state index contributed by atoms with van der Waals surface area (Å²) in [7, 11) is 3.54. The van der Waals surface area contributed by atoms with E-state index in [2.05, 4.69) is 5.32 Å². The van der Waals surface area contributed by atoms with Crippen molar-refractivity contribution in [3.63, 3.8) is 0 Å². The van der Waals surface area contributed by atoms with E-state index in [1.54, 1.807) is 7.11 Å². The molecule has 4 nitrogen and oxygen atoms in total. The summed E-state index contributed by atoms with van der Waals surface area (Å²) >= 11 is 0. The Labute approximate surface area is 72.5 Å². The highest BCUT2D eigenvalue weighted by Crippen LogP contribution is 2.36. The molecule has 12 heavy (non-hydrogen) atoms. The number of hydrogen-bond acceptors (Lipinski definition) is 3. The van der Waals surface area contributed by atoms with E-state index in [1.165, 1.54) is 0 Å². The first-order valence-electron chi connectivity index (χ1n) is 4.12. The van der Waals surface area contributed by atoms with E-state index in [9.17, 15) is 4.79 Å². The summed E-state index contributed by atoms with van der Waals surface area (Å²) in [6, 6.07) is 0. The molecule has 0 saturated heterocycles. The largest absolute Gasteiger partial charge is 0.381 e. The monoisotopic (exact) mass is 172 g/mol. The lowest BCUT2D eigenvalue weighted by molar-refractivity contribution is -0.122. The van der Waals surface area contributed by atoms with Crippen LogP contribution >= 0.6 is 0 Å². The van der Waals surface area contributed by atoms with Crippen molar-refractivity contribution in [1.29, 1.82) is 0 Å². The predicted octanol–water partition coefficient (Wildman–Crippen LogP) is -0.371. The first-order chi connectivity index (χ1) is 5.62. The number of nitrogens with one attached hydrogen (secondary N) is 1. The predicted molar refractivity (Wildman–Crippen MR) is 45.6 cm³/mol. The first-order valence-corrected chi connectivity index (χ1v) is 4.12. The molecule has 0 aromatic heterocycles. The van der Waals surface area contributed by atoms with Gasteiger partial charge < -0.3 is 15.8 Å². The summed E-state index contributed by atoms with van der Waals surface area (Å²) in [4.78, 5) is 10.7. The molecule has 0 aromatic rings. The molecule has 1 fully saturated rings. The van der Waals surface area contributed by atoms with Gasteiger partial charge in [-0.3, -0.25) is 4.79 Å². The van der Waals surface area contributed by atoms with Gasteiger partial charge in [0.05, 0.1) is 6.10 Å². The Bertz CT molecular complexity index is 176. The molecular weight excluding hydrogens is 156 g/mol. The zero-order chi connectivity index (χ0) is 9.19. The second-order valence-corrected chi connectivity index (χ2v) is 3.44. The molecule has 1 amide bonds. The summed E-state index contributed by atoms with van der Waals surface area (Å²) in [5.74, 6) is -0.251. The quantitative estimate of drug-likeness (QED) is 0.608. The van der Waals surface area contributed by atoms with E-state index < -0.39 is 0 Å². The average Bonchev–Trinajstić information content (AvgIpc) is 1.95. The fourth-order valence-electron chi connectivity index (χ4n) is 1.75. The molecule has 1 saturated carbocycles. The maximum Gasteiger partial charge on any atom is 0.219 e. The van der Waals surface area contributed by atoms with Crippen molar-refractivity contribution in [2.45, 2.75) is 30.9 Å². The third kappa shape index (κ3) is 1.76. The lowest BCUT2D eigenvalue weighted by Crippen LogP contribution is -2.58. The van der Waals surface area contributed by atoms with Crippen LogP contribution in [0.15, 0.2) is 0 Å². The molecule has 0 bridgehead atoms. The van der Waals surface area contributed by atoms with Crippen LogP contribution in [-0.4, -0.2) is 31.7 Å². The van der Waals surface area contributed by atoms with E-state index in [1.807, 2.05) is 7.05 Å². The molecule has 0 heterocycles. The highest BCUT2D eigenvalue weighted by Gasteiger charge is 2.44. The van der Waals surface area contributed by atoms with Crippen LogP contribution in [0.25, 0.3) is 0 Å². The fraction of sp³-hybridized carbons (Fsp3) is 0.875. The molecule has 0 atom stereocenters. The molecule has 1 aliphatic carbocycles. The Morgan fingerprint density at radius 1 is 1.75 bits per heavy atom. The zero-order valence-electron chi connectivity index (χ0n) is 7.59. The number of carbonyl (C=O) groups excluding carboxylic acids is 1. The summed E-state index contributed by atoms with van der Waals surface area (Å²) in [6.45, 7) is 0. The Morgan fingerprint density at radius 3 is 2.67 bits per heavy atom. The molecule has 70 valence electrons. The number of rotatable bonds is 4. The van der Waals surface area contributed by atoms with E-state index in [0.717, 1.165) is 12.8 Å². The van der Waals surface area contributed by atoms with E-state index >= 15 is 0 Å². The van der Waals surface area contributed by atoms with Crippen LogP contribution in [0, 0.1) is 0 Å². The van der Waals surface area contributed by atoms with Gasteiger partial charge in [0.2, 0.25) is 5.91 Å². The molecule has 0 radical (unpaired) electrons. The summed E-state index contributed by atoms with van der Waals surface area (Å²) in [5, 5.41) is 3.13. The van der Waals surface area contributed by atoms with E-state index in [-0.39, 0.29) is 17.6 Å². The number of nitrogens with two attached hydrogens (primary N) is 1. The van der Waals surface area contributed by atoms with Crippen molar-refractivity contribution in [2.24, 2.45) is 5.73 Å². The maximum absolute atomic E-state index is 10.7. The number of primary amides is 1. The van der Waals surface area contributed by atoms with Gasteiger partial charge in [-0.05, 0) is 19.9 Å². The van der Waals surface area contributed by atoms with Crippen LogP contribution in [0.5, 0.6) is 0 Å². The third-order valence-electron chi connectivity index (χ3n) is 2.61. The summed E-state index contributed by atoms with van der Waals surface area (Å²) in [5.41, 5.74) is 5.04. The topological polar surface area (TPSA) is 64.3 Å². The molecule has 1 aliphatic rings. The van der Waals surface area contributed by atoms with Crippen molar-refractivity contribution < 1.29 is 9.53 Å². The van der Waals surface area contributed by atoms with Crippen molar-refractivity contribution in [3.8, 4) is 0 Å². The van der Waals surface area contributed by atoms with Crippen LogP contribution in [0.4, 0.5) is 0 Å².